The molecule has 0 aliphatic heterocycles. The fraction of sp³-hybridized carbons (Fsp3) is 0.500. The first-order valence-electron chi connectivity index (χ1n) is 11.2. The summed E-state index contributed by atoms with van der Waals surface area (Å²) in [4.78, 5) is 26.2. The molecule has 37 heavy (non-hydrogen) atoms. The summed E-state index contributed by atoms with van der Waals surface area (Å²) < 4.78 is 76.4. The molecule has 202 valence electrons. The van der Waals surface area contributed by atoms with Gasteiger partial charge in [0.25, 0.3) is 12.3 Å². The van der Waals surface area contributed by atoms with E-state index < -0.39 is 37.6 Å². The Morgan fingerprint density at radius 3 is 2.59 bits per heavy atom. The van der Waals surface area contributed by atoms with Gasteiger partial charge in [0.2, 0.25) is 5.65 Å². The number of methoxy groups -OCH3 is 2. The molecule has 0 aliphatic rings. The van der Waals surface area contributed by atoms with Crippen LogP contribution in [0.5, 0.6) is 11.6 Å². The van der Waals surface area contributed by atoms with E-state index in [2.05, 4.69) is 25.4 Å². The molecule has 0 spiro atoms. The Morgan fingerprint density at radius 2 is 1.97 bits per heavy atom. The molecule has 0 aromatic carbocycles. The molecule has 0 bridgehead atoms. The van der Waals surface area contributed by atoms with E-state index in [1.807, 2.05) is 0 Å². The first-order valence-corrected chi connectivity index (χ1v) is 11.2. The zero-order chi connectivity index (χ0) is 27.2. The summed E-state index contributed by atoms with van der Waals surface area (Å²) in [6.45, 7) is 0.316. The molecule has 0 fully saturated rings. The molecule has 3 aromatic heterocycles. The standard InChI is InChI=1S/C22H26F5N7O3/c1-4-13(5-6-22(25,26)27)31-21(35)33(11-18(23)24)9-14-7-15(17(36-2)8-28-14)16-10-34-19(29-12-30-34)20(32-16)37-3/h7-8,10,12-13,18H,4-6,9,11H2,1-3H3,(H,31,35)/t13-/m1/s1. The molecule has 3 rings (SSSR count). The van der Waals surface area contributed by atoms with Crippen LogP contribution in [-0.4, -0.2) is 74.9 Å². The number of carbonyl (C=O) groups excluding carboxylic acids is 1. The van der Waals surface area contributed by atoms with Gasteiger partial charge in [0.15, 0.2) is 0 Å². The summed E-state index contributed by atoms with van der Waals surface area (Å²) in [6, 6.07) is -0.243. The Hall–Kier alpha value is -3.78. The molecule has 1 N–H and O–H groups in total. The molecule has 3 heterocycles. The highest BCUT2D eigenvalue weighted by molar-refractivity contribution is 5.75. The van der Waals surface area contributed by atoms with Gasteiger partial charge in [-0.2, -0.15) is 18.3 Å². The number of hydrogen-bond donors (Lipinski definition) is 1. The Balaban J connectivity index is 1.88. The molecule has 2 amide bonds. The summed E-state index contributed by atoms with van der Waals surface area (Å²) in [5.41, 5.74) is 1.35. The number of rotatable bonds is 11. The summed E-state index contributed by atoms with van der Waals surface area (Å²) in [7, 11) is 2.82. The van der Waals surface area contributed by atoms with Crippen LogP contribution in [0.25, 0.3) is 16.9 Å². The van der Waals surface area contributed by atoms with Crippen LogP contribution < -0.4 is 14.8 Å². The van der Waals surface area contributed by atoms with Gasteiger partial charge in [0, 0.05) is 18.0 Å². The van der Waals surface area contributed by atoms with Crippen molar-refractivity contribution < 1.29 is 36.2 Å². The van der Waals surface area contributed by atoms with Crippen LogP contribution in [0.4, 0.5) is 26.7 Å². The highest BCUT2D eigenvalue weighted by atomic mass is 19.4. The van der Waals surface area contributed by atoms with Gasteiger partial charge in [-0.25, -0.2) is 28.1 Å². The molecule has 15 heteroatoms. The Kier molecular flexibility index (Phi) is 8.99. The largest absolute Gasteiger partial charge is 0.494 e. The van der Waals surface area contributed by atoms with E-state index in [0.717, 1.165) is 4.90 Å². The summed E-state index contributed by atoms with van der Waals surface area (Å²) in [6.07, 6.45) is -4.31. The van der Waals surface area contributed by atoms with E-state index in [0.29, 0.717) is 22.7 Å². The van der Waals surface area contributed by atoms with Crippen molar-refractivity contribution >= 4 is 11.7 Å². The van der Waals surface area contributed by atoms with Gasteiger partial charge in [-0.15, -0.1) is 0 Å². The third kappa shape index (κ3) is 7.36. The number of fused-ring (bicyclic) bond motifs is 1. The van der Waals surface area contributed by atoms with Gasteiger partial charge < -0.3 is 19.7 Å². The lowest BCUT2D eigenvalue weighted by molar-refractivity contribution is -0.136. The predicted octanol–water partition coefficient (Wildman–Crippen LogP) is 4.10. The molecule has 0 unspecified atom stereocenters. The van der Waals surface area contributed by atoms with Crippen molar-refractivity contribution in [2.24, 2.45) is 0 Å². The number of hydrogen-bond acceptors (Lipinski definition) is 7. The fourth-order valence-electron chi connectivity index (χ4n) is 3.57. The molecular weight excluding hydrogens is 505 g/mol. The number of urea groups is 1. The Labute approximate surface area is 208 Å². The number of amides is 2. The third-order valence-electron chi connectivity index (χ3n) is 5.44. The lowest BCUT2D eigenvalue weighted by atomic mass is 10.1. The Bertz CT molecular complexity index is 1210. The van der Waals surface area contributed by atoms with E-state index in [9.17, 15) is 26.7 Å². The lowest BCUT2D eigenvalue weighted by Gasteiger charge is -2.26. The average Bonchev–Trinajstić information content (AvgIpc) is 3.33. The van der Waals surface area contributed by atoms with E-state index in [1.54, 1.807) is 13.1 Å². The van der Waals surface area contributed by atoms with Gasteiger partial charge in [-0.3, -0.25) is 4.98 Å². The highest BCUT2D eigenvalue weighted by Gasteiger charge is 2.29. The second-order valence-corrected chi connectivity index (χ2v) is 8.02. The van der Waals surface area contributed by atoms with Crippen molar-refractivity contribution in [2.45, 2.75) is 51.4 Å². The molecule has 3 aromatic rings. The minimum absolute atomic E-state index is 0.179. The van der Waals surface area contributed by atoms with E-state index in [4.69, 9.17) is 9.47 Å². The quantitative estimate of drug-likeness (QED) is 0.371. The number of aromatic nitrogens is 5. The highest BCUT2D eigenvalue weighted by Crippen LogP contribution is 2.31. The van der Waals surface area contributed by atoms with Gasteiger partial charge in [-0.05, 0) is 18.9 Å². The van der Waals surface area contributed by atoms with E-state index in [-0.39, 0.29) is 31.0 Å². The van der Waals surface area contributed by atoms with Gasteiger partial charge >= 0.3 is 12.2 Å². The van der Waals surface area contributed by atoms with E-state index in [1.165, 1.54) is 37.3 Å². The van der Waals surface area contributed by atoms with Crippen LogP contribution in [0.1, 0.15) is 31.9 Å². The molecule has 0 saturated carbocycles. The maximum absolute atomic E-state index is 13.3. The molecule has 0 radical (unpaired) electrons. The van der Waals surface area contributed by atoms with Crippen molar-refractivity contribution in [3.05, 3.63) is 30.5 Å². The SMILES string of the molecule is CC[C@H](CCC(F)(F)F)NC(=O)N(Cc1cc(-c2cn3ncnc3c(OC)n2)c(OC)cn1)CC(F)F. The van der Waals surface area contributed by atoms with Crippen molar-refractivity contribution in [1.29, 1.82) is 0 Å². The van der Waals surface area contributed by atoms with Crippen LogP contribution in [0.2, 0.25) is 0 Å². The molecule has 1 atom stereocenters. The van der Waals surface area contributed by atoms with Crippen LogP contribution in [0, 0.1) is 0 Å². The monoisotopic (exact) mass is 531 g/mol. The number of alkyl halides is 5. The molecule has 0 saturated heterocycles. The average molecular weight is 531 g/mol. The smallest absolute Gasteiger partial charge is 0.389 e. The fourth-order valence-corrected chi connectivity index (χ4v) is 3.57. The van der Waals surface area contributed by atoms with Gasteiger partial charge in [0.1, 0.15) is 12.1 Å². The second-order valence-electron chi connectivity index (χ2n) is 8.02. The normalized spacial score (nSPS) is 12.6. The van der Waals surface area contributed by atoms with Crippen molar-refractivity contribution in [3.8, 4) is 22.9 Å². The maximum atomic E-state index is 13.3. The summed E-state index contributed by atoms with van der Waals surface area (Å²) >= 11 is 0. The topological polar surface area (TPSA) is 107 Å². The Morgan fingerprint density at radius 1 is 1.22 bits per heavy atom. The minimum atomic E-state index is -4.39. The second kappa shape index (κ2) is 12.0. The van der Waals surface area contributed by atoms with Crippen LogP contribution >= 0.6 is 0 Å². The first-order chi connectivity index (χ1) is 17.5. The molecule has 10 nitrogen and oxygen atoms in total. The first kappa shape index (κ1) is 27.8. The maximum Gasteiger partial charge on any atom is 0.389 e. The number of carbonyl (C=O) groups is 1. The number of nitrogens with one attached hydrogen (secondary N) is 1. The lowest BCUT2D eigenvalue weighted by Crippen LogP contribution is -2.46. The predicted molar refractivity (Wildman–Crippen MR) is 121 cm³/mol. The zero-order valence-corrected chi connectivity index (χ0v) is 20.3. The zero-order valence-electron chi connectivity index (χ0n) is 20.3. The third-order valence-corrected chi connectivity index (χ3v) is 5.44. The van der Waals surface area contributed by atoms with Crippen molar-refractivity contribution in [3.63, 3.8) is 0 Å². The number of halogens is 5. The molecule has 0 aliphatic carbocycles. The van der Waals surface area contributed by atoms with Crippen LogP contribution in [0.15, 0.2) is 24.8 Å². The van der Waals surface area contributed by atoms with Gasteiger partial charge in [0.05, 0.1) is 51.1 Å². The summed E-state index contributed by atoms with van der Waals surface area (Å²) in [5.74, 6) is 0.486. The number of ether oxygens (including phenoxy) is 2. The number of nitrogens with zero attached hydrogens (tertiary/aromatic N) is 6. The van der Waals surface area contributed by atoms with Gasteiger partial charge in [-0.1, -0.05) is 6.92 Å². The molecular formula is C22H26F5N7O3. The van der Waals surface area contributed by atoms with E-state index >= 15 is 0 Å². The van der Waals surface area contributed by atoms with Crippen LogP contribution in [-0.2, 0) is 6.54 Å². The number of pyridine rings is 1. The minimum Gasteiger partial charge on any atom is -0.494 e. The summed E-state index contributed by atoms with van der Waals surface area (Å²) in [5, 5.41) is 6.50. The van der Waals surface area contributed by atoms with Crippen LogP contribution in [0.3, 0.4) is 0 Å². The van der Waals surface area contributed by atoms with Crippen molar-refractivity contribution in [2.75, 3.05) is 20.8 Å². The van der Waals surface area contributed by atoms with Crippen molar-refractivity contribution in [1.82, 2.24) is 34.8 Å².